The van der Waals surface area contributed by atoms with Gasteiger partial charge in [0.2, 0.25) is 5.91 Å². The largest absolute Gasteiger partial charge is 0.335 e. The molecular formula is C16H23ClN4O2. The first-order valence-corrected chi connectivity index (χ1v) is 7.92. The van der Waals surface area contributed by atoms with Gasteiger partial charge in [0.1, 0.15) is 0 Å². The summed E-state index contributed by atoms with van der Waals surface area (Å²) in [6.07, 6.45) is 5.23. The molecule has 1 aliphatic carbocycles. The highest BCUT2D eigenvalue weighted by Crippen LogP contribution is 2.19. The van der Waals surface area contributed by atoms with Crippen molar-refractivity contribution in [2.75, 3.05) is 17.2 Å². The minimum absolute atomic E-state index is 0. The summed E-state index contributed by atoms with van der Waals surface area (Å²) in [7, 11) is 0. The molecule has 1 aromatic rings. The first-order chi connectivity index (χ1) is 10.7. The van der Waals surface area contributed by atoms with E-state index in [0.29, 0.717) is 11.7 Å². The second-order valence-corrected chi connectivity index (χ2v) is 5.94. The normalized spacial score (nSPS) is 20.1. The Bertz CT molecular complexity index is 540. The van der Waals surface area contributed by atoms with Crippen LogP contribution in [-0.4, -0.2) is 30.6 Å². The van der Waals surface area contributed by atoms with Gasteiger partial charge >= 0.3 is 6.03 Å². The summed E-state index contributed by atoms with van der Waals surface area (Å²) >= 11 is 0. The van der Waals surface area contributed by atoms with Gasteiger partial charge in [-0.2, -0.15) is 0 Å². The van der Waals surface area contributed by atoms with Crippen molar-refractivity contribution < 1.29 is 9.59 Å². The van der Waals surface area contributed by atoms with Crippen LogP contribution in [0.4, 0.5) is 16.2 Å². The molecule has 126 valence electrons. The number of piperidine rings is 1. The Morgan fingerprint density at radius 3 is 2.17 bits per heavy atom. The Morgan fingerprint density at radius 2 is 1.61 bits per heavy atom. The smallest absolute Gasteiger partial charge is 0.319 e. The van der Waals surface area contributed by atoms with Gasteiger partial charge in [-0.3, -0.25) is 4.79 Å². The van der Waals surface area contributed by atoms with Crippen LogP contribution in [0.3, 0.4) is 0 Å². The molecule has 0 bridgehead atoms. The van der Waals surface area contributed by atoms with Gasteiger partial charge in [0.25, 0.3) is 0 Å². The van der Waals surface area contributed by atoms with Crippen LogP contribution in [0.25, 0.3) is 0 Å². The third-order valence-corrected chi connectivity index (χ3v) is 3.95. The minimum Gasteiger partial charge on any atom is -0.335 e. The molecule has 1 aliphatic heterocycles. The summed E-state index contributed by atoms with van der Waals surface area (Å²) < 4.78 is 0. The molecule has 2 fully saturated rings. The van der Waals surface area contributed by atoms with E-state index in [4.69, 9.17) is 0 Å². The van der Waals surface area contributed by atoms with Gasteiger partial charge in [-0.1, -0.05) is 6.42 Å². The zero-order valence-electron chi connectivity index (χ0n) is 12.9. The van der Waals surface area contributed by atoms with Crippen molar-refractivity contribution in [2.45, 2.75) is 44.2 Å². The van der Waals surface area contributed by atoms with Gasteiger partial charge in [-0.25, -0.2) is 4.79 Å². The van der Waals surface area contributed by atoms with Crippen LogP contribution in [-0.2, 0) is 4.79 Å². The molecule has 3 rings (SSSR count). The van der Waals surface area contributed by atoms with Gasteiger partial charge in [0, 0.05) is 17.4 Å². The molecular weight excluding hydrogens is 316 g/mol. The van der Waals surface area contributed by atoms with Crippen molar-refractivity contribution in [3.8, 4) is 0 Å². The minimum atomic E-state index is -0.175. The Labute approximate surface area is 142 Å². The van der Waals surface area contributed by atoms with Gasteiger partial charge in [-0.05, 0) is 56.5 Å². The lowest BCUT2D eigenvalue weighted by atomic mass is 10.0. The molecule has 4 N–H and O–H groups in total. The van der Waals surface area contributed by atoms with E-state index >= 15 is 0 Å². The number of amides is 3. The lowest BCUT2D eigenvalue weighted by Gasteiger charge is -2.22. The summed E-state index contributed by atoms with van der Waals surface area (Å²) in [5, 5.41) is 11.8. The maximum Gasteiger partial charge on any atom is 0.319 e. The fourth-order valence-corrected chi connectivity index (χ4v) is 2.52. The predicted octanol–water partition coefficient (Wildman–Crippen LogP) is 2.47. The van der Waals surface area contributed by atoms with E-state index in [1.54, 1.807) is 24.3 Å². The monoisotopic (exact) mass is 338 g/mol. The molecule has 0 radical (unpaired) electrons. The Hall–Kier alpha value is -1.79. The van der Waals surface area contributed by atoms with Gasteiger partial charge in [-0.15, -0.1) is 12.4 Å². The van der Waals surface area contributed by atoms with Crippen molar-refractivity contribution in [3.05, 3.63) is 24.3 Å². The van der Waals surface area contributed by atoms with E-state index in [0.717, 1.165) is 44.3 Å². The molecule has 7 heteroatoms. The lowest BCUT2D eigenvalue weighted by Crippen LogP contribution is -2.43. The van der Waals surface area contributed by atoms with Crippen LogP contribution in [0.15, 0.2) is 24.3 Å². The van der Waals surface area contributed by atoms with Crippen molar-refractivity contribution in [3.63, 3.8) is 0 Å². The van der Waals surface area contributed by atoms with E-state index in [-0.39, 0.29) is 30.4 Å². The number of hydrogen-bond acceptors (Lipinski definition) is 3. The summed E-state index contributed by atoms with van der Waals surface area (Å²) in [5.74, 6) is 0.00638. The van der Waals surface area contributed by atoms with Gasteiger partial charge < -0.3 is 21.3 Å². The molecule has 23 heavy (non-hydrogen) atoms. The van der Waals surface area contributed by atoms with Crippen molar-refractivity contribution in [1.29, 1.82) is 0 Å². The number of anilines is 2. The molecule has 0 spiro atoms. The zero-order chi connectivity index (χ0) is 15.4. The lowest BCUT2D eigenvalue weighted by molar-refractivity contribution is -0.118. The average molecular weight is 339 g/mol. The molecule has 3 amide bonds. The standard InChI is InChI=1S/C16H22N4O2.ClH/c21-15(14-3-1-2-10-17-14)18-11-4-6-12(7-5-11)19-16(22)20-13-8-9-13;/h4-7,13-14,17H,1-3,8-10H2,(H,18,21)(H2,19,20,22);1H. The van der Waals surface area contributed by atoms with Crippen molar-refractivity contribution in [1.82, 2.24) is 10.6 Å². The number of benzene rings is 1. The molecule has 6 nitrogen and oxygen atoms in total. The van der Waals surface area contributed by atoms with Crippen LogP contribution in [0, 0.1) is 0 Å². The van der Waals surface area contributed by atoms with Crippen molar-refractivity contribution in [2.24, 2.45) is 0 Å². The highest BCUT2D eigenvalue weighted by atomic mass is 35.5. The second kappa shape index (κ2) is 8.17. The molecule has 1 saturated heterocycles. The second-order valence-electron chi connectivity index (χ2n) is 5.94. The number of nitrogens with one attached hydrogen (secondary N) is 4. The van der Waals surface area contributed by atoms with E-state index in [9.17, 15) is 9.59 Å². The van der Waals surface area contributed by atoms with E-state index < -0.39 is 0 Å². The number of carbonyl (C=O) groups is 2. The fraction of sp³-hybridized carbons (Fsp3) is 0.500. The summed E-state index contributed by atoms with van der Waals surface area (Å²) in [4.78, 5) is 23.7. The predicted molar refractivity (Wildman–Crippen MR) is 93.1 cm³/mol. The highest BCUT2D eigenvalue weighted by molar-refractivity contribution is 5.95. The molecule has 1 atom stereocenters. The topological polar surface area (TPSA) is 82.3 Å². The average Bonchev–Trinajstić information content (AvgIpc) is 3.34. The van der Waals surface area contributed by atoms with Crippen LogP contribution < -0.4 is 21.3 Å². The number of rotatable bonds is 4. The van der Waals surface area contributed by atoms with Gasteiger partial charge in [0.05, 0.1) is 6.04 Å². The van der Waals surface area contributed by atoms with Crippen LogP contribution in [0.5, 0.6) is 0 Å². The Balaban J connectivity index is 0.00000192. The first-order valence-electron chi connectivity index (χ1n) is 7.92. The number of urea groups is 1. The number of carbonyl (C=O) groups excluding carboxylic acids is 2. The summed E-state index contributed by atoms with van der Waals surface area (Å²) in [5.41, 5.74) is 1.46. The number of hydrogen-bond donors (Lipinski definition) is 4. The van der Waals surface area contributed by atoms with E-state index in [1.165, 1.54) is 0 Å². The van der Waals surface area contributed by atoms with Crippen LogP contribution >= 0.6 is 12.4 Å². The molecule has 1 aromatic carbocycles. The first kappa shape index (κ1) is 17.6. The SMILES string of the molecule is Cl.O=C(Nc1ccc(NC(=O)C2CCCCN2)cc1)NC1CC1. The number of halogens is 1. The van der Waals surface area contributed by atoms with Gasteiger partial charge in [0.15, 0.2) is 0 Å². The third kappa shape index (κ3) is 5.41. The van der Waals surface area contributed by atoms with Crippen LogP contribution in [0.2, 0.25) is 0 Å². The Kier molecular flexibility index (Phi) is 6.24. The molecule has 1 unspecified atom stereocenters. The maximum atomic E-state index is 12.1. The zero-order valence-corrected chi connectivity index (χ0v) is 13.7. The summed E-state index contributed by atoms with van der Waals surface area (Å²) in [6, 6.07) is 7.23. The van der Waals surface area contributed by atoms with E-state index in [2.05, 4.69) is 21.3 Å². The quantitative estimate of drug-likeness (QED) is 0.680. The Morgan fingerprint density at radius 1 is 0.957 bits per heavy atom. The molecule has 2 aliphatic rings. The maximum absolute atomic E-state index is 12.1. The van der Waals surface area contributed by atoms with Crippen LogP contribution in [0.1, 0.15) is 32.1 Å². The molecule has 1 heterocycles. The van der Waals surface area contributed by atoms with E-state index in [1.807, 2.05) is 0 Å². The fourth-order valence-electron chi connectivity index (χ4n) is 2.52. The summed E-state index contributed by atoms with van der Waals surface area (Å²) in [6.45, 7) is 0.900. The third-order valence-electron chi connectivity index (χ3n) is 3.95. The highest BCUT2D eigenvalue weighted by Gasteiger charge is 2.23. The molecule has 1 saturated carbocycles. The molecule has 0 aromatic heterocycles. The van der Waals surface area contributed by atoms with Crippen molar-refractivity contribution >= 4 is 35.7 Å².